The lowest BCUT2D eigenvalue weighted by molar-refractivity contribution is 0.296. The number of nitrogens with one attached hydrogen (secondary N) is 1. The van der Waals surface area contributed by atoms with Gasteiger partial charge >= 0.3 is 0 Å². The van der Waals surface area contributed by atoms with Gasteiger partial charge in [-0.25, -0.2) is 17.5 Å². The summed E-state index contributed by atoms with van der Waals surface area (Å²) in [5, 5.41) is -0.215. The van der Waals surface area contributed by atoms with Crippen LogP contribution in [0.25, 0.3) is 0 Å². The van der Waals surface area contributed by atoms with Crippen LogP contribution in [0.15, 0.2) is 23.1 Å². The number of halogens is 2. The third-order valence-corrected chi connectivity index (χ3v) is 5.35. The lowest BCUT2D eigenvalue weighted by Gasteiger charge is -2.33. The van der Waals surface area contributed by atoms with Gasteiger partial charge in [0, 0.05) is 12.1 Å². The van der Waals surface area contributed by atoms with E-state index in [0.29, 0.717) is 0 Å². The molecule has 112 valence electrons. The first-order chi connectivity index (χ1) is 9.32. The lowest BCUT2D eigenvalue weighted by atomic mass is 9.83. The molecule has 0 unspecified atom stereocenters. The van der Waals surface area contributed by atoms with E-state index < -0.39 is 21.4 Å². The number of hydrogen-bond acceptors (Lipinski definition) is 3. The second kappa shape index (κ2) is 5.97. The molecule has 3 N–H and O–H groups in total. The number of rotatable bonds is 4. The number of nitrogens with two attached hydrogens (primary N) is 1. The maximum Gasteiger partial charge on any atom is 0.240 e. The van der Waals surface area contributed by atoms with Crippen molar-refractivity contribution < 1.29 is 12.8 Å². The van der Waals surface area contributed by atoms with Gasteiger partial charge in [0.2, 0.25) is 10.0 Å². The summed E-state index contributed by atoms with van der Waals surface area (Å²) in [4.78, 5) is -0.0525. The first-order valence-corrected chi connectivity index (χ1v) is 8.42. The van der Waals surface area contributed by atoms with Crippen molar-refractivity contribution in [3.8, 4) is 0 Å². The van der Waals surface area contributed by atoms with Gasteiger partial charge in [-0.05, 0) is 31.0 Å². The summed E-state index contributed by atoms with van der Waals surface area (Å²) in [5.74, 6) is -0.645. The second-order valence-corrected chi connectivity index (χ2v) is 7.50. The smallest absolute Gasteiger partial charge is 0.240 e. The summed E-state index contributed by atoms with van der Waals surface area (Å²) in [6.07, 6.45) is 4.78. The van der Waals surface area contributed by atoms with Gasteiger partial charge in [-0.3, -0.25) is 0 Å². The van der Waals surface area contributed by atoms with Crippen LogP contribution in [-0.2, 0) is 10.0 Å². The first kappa shape index (κ1) is 15.7. The molecule has 0 aromatic heterocycles. The third-order valence-electron chi connectivity index (χ3n) is 3.66. The summed E-state index contributed by atoms with van der Waals surface area (Å²) < 4.78 is 39.8. The molecule has 2 rings (SSSR count). The van der Waals surface area contributed by atoms with Crippen molar-refractivity contribution in [2.45, 2.75) is 42.5 Å². The van der Waals surface area contributed by atoms with Gasteiger partial charge in [0.05, 0.1) is 9.92 Å². The Balaban J connectivity index is 2.09. The number of hydrogen-bond donors (Lipinski definition) is 2. The Morgan fingerprint density at radius 2 is 1.95 bits per heavy atom. The van der Waals surface area contributed by atoms with Crippen LogP contribution in [0.5, 0.6) is 0 Å². The fourth-order valence-electron chi connectivity index (χ4n) is 2.40. The molecule has 1 aromatic carbocycles. The lowest BCUT2D eigenvalue weighted by Crippen LogP contribution is -2.51. The summed E-state index contributed by atoms with van der Waals surface area (Å²) in [6.45, 7) is 0.185. The molecule has 1 aromatic rings. The Kier molecular flexibility index (Phi) is 4.69. The zero-order chi connectivity index (χ0) is 14.8. The van der Waals surface area contributed by atoms with Crippen molar-refractivity contribution in [1.82, 2.24) is 4.72 Å². The first-order valence-electron chi connectivity index (χ1n) is 6.56. The molecule has 1 saturated carbocycles. The molecule has 0 radical (unpaired) electrons. The minimum Gasteiger partial charge on any atom is -0.324 e. The average Bonchev–Trinajstić information content (AvgIpc) is 2.41. The third kappa shape index (κ3) is 3.69. The van der Waals surface area contributed by atoms with Crippen molar-refractivity contribution in [1.29, 1.82) is 0 Å². The van der Waals surface area contributed by atoms with Crippen LogP contribution in [-0.4, -0.2) is 20.5 Å². The number of benzene rings is 1. The molecular formula is C13H18ClFN2O2S. The van der Waals surface area contributed by atoms with E-state index in [-0.39, 0.29) is 16.5 Å². The van der Waals surface area contributed by atoms with Crippen LogP contribution in [0.3, 0.4) is 0 Å². The van der Waals surface area contributed by atoms with Crippen LogP contribution >= 0.6 is 11.6 Å². The molecule has 1 fully saturated rings. The highest BCUT2D eigenvalue weighted by molar-refractivity contribution is 7.89. The Bertz CT molecular complexity index is 586. The predicted molar refractivity (Wildman–Crippen MR) is 76.6 cm³/mol. The van der Waals surface area contributed by atoms with Crippen molar-refractivity contribution in [3.63, 3.8) is 0 Å². The van der Waals surface area contributed by atoms with Crippen molar-refractivity contribution in [2.75, 3.05) is 6.54 Å². The Morgan fingerprint density at radius 1 is 1.30 bits per heavy atom. The second-order valence-electron chi connectivity index (χ2n) is 5.32. The van der Waals surface area contributed by atoms with Crippen LogP contribution < -0.4 is 10.5 Å². The topological polar surface area (TPSA) is 72.2 Å². The molecule has 1 aliphatic carbocycles. The van der Waals surface area contributed by atoms with Crippen LogP contribution in [0.4, 0.5) is 4.39 Å². The van der Waals surface area contributed by atoms with Gasteiger partial charge in [-0.2, -0.15) is 0 Å². The highest BCUT2D eigenvalue weighted by atomic mass is 35.5. The van der Waals surface area contributed by atoms with E-state index in [1.165, 1.54) is 6.07 Å². The van der Waals surface area contributed by atoms with Gasteiger partial charge in [0.15, 0.2) is 0 Å². The largest absolute Gasteiger partial charge is 0.324 e. The van der Waals surface area contributed by atoms with Gasteiger partial charge < -0.3 is 5.73 Å². The molecule has 1 aliphatic rings. The Morgan fingerprint density at radius 3 is 2.55 bits per heavy atom. The molecular weight excluding hydrogens is 303 g/mol. The molecule has 20 heavy (non-hydrogen) atoms. The van der Waals surface area contributed by atoms with E-state index >= 15 is 0 Å². The monoisotopic (exact) mass is 320 g/mol. The SMILES string of the molecule is NC1(CNS(=O)(=O)c2ccc(F)c(Cl)c2)CCCCC1. The minimum absolute atomic E-state index is 0.0525. The van der Waals surface area contributed by atoms with Crippen molar-refractivity contribution >= 4 is 21.6 Å². The highest BCUT2D eigenvalue weighted by Crippen LogP contribution is 2.26. The van der Waals surface area contributed by atoms with E-state index in [9.17, 15) is 12.8 Å². The van der Waals surface area contributed by atoms with E-state index in [1.807, 2.05) is 0 Å². The van der Waals surface area contributed by atoms with E-state index in [1.54, 1.807) is 0 Å². The minimum atomic E-state index is -3.72. The van der Waals surface area contributed by atoms with Gasteiger partial charge in [0.25, 0.3) is 0 Å². The zero-order valence-corrected chi connectivity index (χ0v) is 12.6. The van der Waals surface area contributed by atoms with Gasteiger partial charge in [0.1, 0.15) is 5.82 Å². The Labute approximate surface area is 123 Å². The molecule has 0 atom stereocenters. The number of sulfonamides is 1. The van der Waals surface area contributed by atoms with E-state index in [0.717, 1.165) is 44.2 Å². The fraction of sp³-hybridized carbons (Fsp3) is 0.538. The maximum absolute atomic E-state index is 13.1. The molecule has 0 amide bonds. The van der Waals surface area contributed by atoms with E-state index in [4.69, 9.17) is 17.3 Å². The Hall–Kier alpha value is -0.690. The average molecular weight is 321 g/mol. The van der Waals surface area contributed by atoms with Crippen LogP contribution in [0.2, 0.25) is 5.02 Å². The zero-order valence-electron chi connectivity index (χ0n) is 11.0. The summed E-state index contributed by atoms with van der Waals surface area (Å²) in [6, 6.07) is 3.33. The summed E-state index contributed by atoms with van der Waals surface area (Å²) >= 11 is 5.60. The van der Waals surface area contributed by atoms with Gasteiger partial charge in [-0.1, -0.05) is 30.9 Å². The quantitative estimate of drug-likeness (QED) is 0.895. The molecule has 0 heterocycles. The van der Waals surface area contributed by atoms with Crippen LogP contribution in [0.1, 0.15) is 32.1 Å². The summed E-state index contributed by atoms with van der Waals surface area (Å²) in [7, 11) is -3.72. The molecule has 4 nitrogen and oxygen atoms in total. The standard InChI is InChI=1S/C13H18ClFN2O2S/c14-11-8-10(4-5-12(11)15)20(18,19)17-9-13(16)6-2-1-3-7-13/h4-5,8,17H,1-3,6-7,9,16H2. The normalized spacial score (nSPS) is 18.9. The van der Waals surface area contributed by atoms with Crippen LogP contribution in [0, 0.1) is 5.82 Å². The predicted octanol–water partition coefficient (Wildman–Crippen LogP) is 2.42. The van der Waals surface area contributed by atoms with Crippen molar-refractivity contribution in [2.24, 2.45) is 5.73 Å². The maximum atomic E-state index is 13.1. The summed E-state index contributed by atoms with van der Waals surface area (Å²) in [5.41, 5.74) is 5.69. The molecule has 0 spiro atoms. The van der Waals surface area contributed by atoms with Gasteiger partial charge in [-0.15, -0.1) is 0 Å². The fourth-order valence-corrected chi connectivity index (χ4v) is 3.81. The molecule has 0 aliphatic heterocycles. The molecule has 0 bridgehead atoms. The molecule has 7 heteroatoms. The molecule has 0 saturated heterocycles. The highest BCUT2D eigenvalue weighted by Gasteiger charge is 2.29. The van der Waals surface area contributed by atoms with E-state index in [2.05, 4.69) is 4.72 Å². The van der Waals surface area contributed by atoms with Crippen molar-refractivity contribution in [3.05, 3.63) is 29.0 Å².